The van der Waals surface area contributed by atoms with Gasteiger partial charge in [-0.15, -0.1) is 11.3 Å². The van der Waals surface area contributed by atoms with E-state index in [9.17, 15) is 9.18 Å². The van der Waals surface area contributed by atoms with Crippen LogP contribution < -0.4 is 0 Å². The van der Waals surface area contributed by atoms with Crippen molar-refractivity contribution in [3.8, 4) is 10.4 Å². The highest BCUT2D eigenvalue weighted by Crippen LogP contribution is 2.33. The largest absolute Gasteiger partial charge is 0.481 e. The lowest BCUT2D eigenvalue weighted by molar-refractivity contribution is -0.137. The molecule has 2 rings (SSSR count). The maximum atomic E-state index is 13.1. The van der Waals surface area contributed by atoms with E-state index in [0.717, 1.165) is 15.3 Å². The molecular weight excluding hydrogens is 251 g/mol. The summed E-state index contributed by atoms with van der Waals surface area (Å²) in [5.41, 5.74) is 0.828. The van der Waals surface area contributed by atoms with Gasteiger partial charge in [0.2, 0.25) is 0 Å². The molecule has 1 unspecified atom stereocenters. The maximum absolute atomic E-state index is 13.1. The number of carboxylic acid groups (broad SMARTS) is 1. The molecule has 94 valence electrons. The van der Waals surface area contributed by atoms with Crippen LogP contribution in [0.2, 0.25) is 0 Å². The smallest absolute Gasteiger partial charge is 0.303 e. The van der Waals surface area contributed by atoms with Gasteiger partial charge in [-0.1, -0.05) is 19.1 Å². The number of carbonyl (C=O) groups is 1. The van der Waals surface area contributed by atoms with Crippen LogP contribution in [0.15, 0.2) is 36.4 Å². The Hall–Kier alpha value is -1.68. The summed E-state index contributed by atoms with van der Waals surface area (Å²) in [6.07, 6.45) is 0.114. The van der Waals surface area contributed by atoms with Gasteiger partial charge < -0.3 is 5.11 Å². The minimum Gasteiger partial charge on any atom is -0.481 e. The third-order valence-corrected chi connectivity index (χ3v) is 4.07. The summed E-state index contributed by atoms with van der Waals surface area (Å²) in [5.74, 6) is -1.08. The monoisotopic (exact) mass is 264 g/mol. The Kier molecular flexibility index (Phi) is 3.77. The van der Waals surface area contributed by atoms with E-state index in [1.165, 1.54) is 23.5 Å². The molecule has 0 radical (unpaired) electrons. The van der Waals surface area contributed by atoms with Gasteiger partial charge in [0.15, 0.2) is 0 Å². The molecule has 1 N–H and O–H groups in total. The Morgan fingerprint density at radius 2 is 2.17 bits per heavy atom. The molecule has 1 atom stereocenters. The van der Waals surface area contributed by atoms with Gasteiger partial charge in [-0.25, -0.2) is 4.39 Å². The normalized spacial score (nSPS) is 12.3. The van der Waals surface area contributed by atoms with Gasteiger partial charge in [0.25, 0.3) is 0 Å². The van der Waals surface area contributed by atoms with E-state index in [1.54, 1.807) is 6.07 Å². The quantitative estimate of drug-likeness (QED) is 0.901. The van der Waals surface area contributed by atoms with Crippen LogP contribution in [0.5, 0.6) is 0 Å². The fourth-order valence-corrected chi connectivity index (χ4v) is 2.83. The summed E-state index contributed by atoms with van der Waals surface area (Å²) in [7, 11) is 0. The van der Waals surface area contributed by atoms with Crippen molar-refractivity contribution in [3.05, 3.63) is 47.1 Å². The van der Waals surface area contributed by atoms with Crippen molar-refractivity contribution < 1.29 is 14.3 Å². The highest BCUT2D eigenvalue weighted by molar-refractivity contribution is 7.15. The highest BCUT2D eigenvalue weighted by atomic mass is 32.1. The molecule has 0 aliphatic rings. The number of thiophene rings is 1. The molecule has 4 heteroatoms. The van der Waals surface area contributed by atoms with Crippen molar-refractivity contribution in [2.45, 2.75) is 19.3 Å². The molecule has 2 nitrogen and oxygen atoms in total. The summed E-state index contributed by atoms with van der Waals surface area (Å²) in [4.78, 5) is 12.6. The topological polar surface area (TPSA) is 37.3 Å². The predicted molar refractivity (Wildman–Crippen MR) is 70.4 cm³/mol. The van der Waals surface area contributed by atoms with Gasteiger partial charge in [-0.05, 0) is 29.8 Å². The second kappa shape index (κ2) is 5.31. The summed E-state index contributed by atoms with van der Waals surface area (Å²) < 4.78 is 13.1. The Balaban J connectivity index is 2.22. The third-order valence-electron chi connectivity index (χ3n) is 2.70. The molecule has 0 aliphatic heterocycles. The molecule has 0 aliphatic carbocycles. The first-order chi connectivity index (χ1) is 8.56. The first-order valence-corrected chi connectivity index (χ1v) is 6.45. The number of hydrogen-bond donors (Lipinski definition) is 1. The van der Waals surface area contributed by atoms with Crippen LogP contribution in [0.1, 0.15) is 24.1 Å². The van der Waals surface area contributed by atoms with E-state index in [4.69, 9.17) is 5.11 Å². The molecule has 18 heavy (non-hydrogen) atoms. The summed E-state index contributed by atoms with van der Waals surface area (Å²) in [5, 5.41) is 8.76. The average molecular weight is 264 g/mol. The zero-order valence-electron chi connectivity index (χ0n) is 9.89. The number of halogens is 1. The van der Waals surface area contributed by atoms with Crippen LogP contribution in [0.4, 0.5) is 4.39 Å². The lowest BCUT2D eigenvalue weighted by atomic mass is 10.1. The fourth-order valence-electron chi connectivity index (χ4n) is 1.78. The summed E-state index contributed by atoms with van der Waals surface area (Å²) in [6.45, 7) is 1.88. The van der Waals surface area contributed by atoms with Crippen LogP contribution in [0.25, 0.3) is 10.4 Å². The lowest BCUT2D eigenvalue weighted by Crippen LogP contribution is -2.00. The van der Waals surface area contributed by atoms with Crippen LogP contribution in [-0.2, 0) is 4.79 Å². The molecule has 0 bridgehead atoms. The number of hydrogen-bond acceptors (Lipinski definition) is 2. The molecule has 2 aromatic rings. The molecule has 0 spiro atoms. The van der Waals surface area contributed by atoms with E-state index in [0.29, 0.717) is 0 Å². The first kappa shape index (κ1) is 12.8. The Bertz CT molecular complexity index is 562. The van der Waals surface area contributed by atoms with E-state index in [2.05, 4.69) is 0 Å². The number of rotatable bonds is 4. The molecule has 1 aromatic heterocycles. The van der Waals surface area contributed by atoms with Crippen LogP contribution in [-0.4, -0.2) is 11.1 Å². The van der Waals surface area contributed by atoms with Gasteiger partial charge in [0, 0.05) is 15.7 Å². The van der Waals surface area contributed by atoms with Crippen molar-refractivity contribution in [3.63, 3.8) is 0 Å². The van der Waals surface area contributed by atoms with Gasteiger partial charge in [-0.2, -0.15) is 0 Å². The molecular formula is C14H13FO2S. The Morgan fingerprint density at radius 1 is 1.39 bits per heavy atom. The SMILES string of the molecule is CC(CC(=O)O)c1ccc(-c2cccc(F)c2)s1. The van der Waals surface area contributed by atoms with E-state index in [-0.39, 0.29) is 18.2 Å². The van der Waals surface area contributed by atoms with Crippen molar-refractivity contribution in [1.82, 2.24) is 0 Å². The zero-order valence-corrected chi connectivity index (χ0v) is 10.7. The van der Waals surface area contributed by atoms with E-state index in [1.807, 2.05) is 25.1 Å². The number of benzene rings is 1. The van der Waals surface area contributed by atoms with Crippen molar-refractivity contribution in [2.75, 3.05) is 0 Å². The average Bonchev–Trinajstić information content (AvgIpc) is 2.77. The molecule has 1 heterocycles. The fraction of sp³-hybridized carbons (Fsp3) is 0.214. The predicted octanol–water partition coefficient (Wildman–Crippen LogP) is 4.13. The molecule has 0 saturated heterocycles. The minimum absolute atomic E-state index is 0.0187. The molecule has 0 saturated carbocycles. The van der Waals surface area contributed by atoms with Crippen LogP contribution in [0, 0.1) is 5.82 Å². The molecule has 0 fully saturated rings. The van der Waals surface area contributed by atoms with Gasteiger partial charge in [0.1, 0.15) is 5.82 Å². The number of carboxylic acids is 1. The van der Waals surface area contributed by atoms with Crippen LogP contribution >= 0.6 is 11.3 Å². The molecule has 0 amide bonds. The highest BCUT2D eigenvalue weighted by Gasteiger charge is 2.13. The minimum atomic E-state index is -0.803. The van der Waals surface area contributed by atoms with E-state index < -0.39 is 5.97 Å². The van der Waals surface area contributed by atoms with Gasteiger partial charge in [-0.3, -0.25) is 4.79 Å². The molecule has 1 aromatic carbocycles. The first-order valence-electron chi connectivity index (χ1n) is 5.63. The van der Waals surface area contributed by atoms with Crippen molar-refractivity contribution in [1.29, 1.82) is 0 Å². The van der Waals surface area contributed by atoms with E-state index >= 15 is 0 Å². The second-order valence-electron chi connectivity index (χ2n) is 4.21. The lowest BCUT2D eigenvalue weighted by Gasteiger charge is -2.04. The van der Waals surface area contributed by atoms with Gasteiger partial charge >= 0.3 is 5.97 Å². The summed E-state index contributed by atoms with van der Waals surface area (Å²) in [6, 6.07) is 10.2. The maximum Gasteiger partial charge on any atom is 0.303 e. The van der Waals surface area contributed by atoms with Crippen molar-refractivity contribution >= 4 is 17.3 Å². The standard InChI is InChI=1S/C14H13FO2S/c1-9(7-14(16)17)12-5-6-13(18-12)10-3-2-4-11(15)8-10/h2-6,8-9H,7H2,1H3,(H,16,17). The summed E-state index contributed by atoms with van der Waals surface area (Å²) >= 11 is 1.51. The van der Waals surface area contributed by atoms with Crippen molar-refractivity contribution in [2.24, 2.45) is 0 Å². The number of aliphatic carboxylic acids is 1. The Labute approximate surface area is 109 Å². The Morgan fingerprint density at radius 3 is 2.83 bits per heavy atom. The van der Waals surface area contributed by atoms with Gasteiger partial charge in [0.05, 0.1) is 6.42 Å². The third kappa shape index (κ3) is 2.96. The van der Waals surface area contributed by atoms with Crippen LogP contribution in [0.3, 0.4) is 0 Å². The zero-order chi connectivity index (χ0) is 13.1. The second-order valence-corrected chi connectivity index (χ2v) is 5.33.